The van der Waals surface area contributed by atoms with E-state index < -0.39 is 97.5 Å². The van der Waals surface area contributed by atoms with Crippen molar-refractivity contribution in [1.29, 1.82) is 0 Å². The molecular weight excluding hydrogens is 1330 g/mol. The molecule has 0 aliphatic rings. The summed E-state index contributed by atoms with van der Waals surface area (Å²) < 4.78 is 68.4. The van der Waals surface area contributed by atoms with Crippen LogP contribution in [0.15, 0.2) is 158 Å². The fourth-order valence-electron chi connectivity index (χ4n) is 9.64. The highest BCUT2D eigenvalue weighted by Crippen LogP contribution is 2.45. The van der Waals surface area contributed by atoms with Crippen LogP contribution in [-0.2, 0) is 65.4 Å². The van der Waals surface area contributed by atoms with Crippen molar-refractivity contribution in [1.82, 2.24) is 0 Å². The van der Waals surface area contributed by atoms with Gasteiger partial charge in [0.05, 0.1) is 26.4 Å². The molecule has 0 aromatic rings. The van der Waals surface area contributed by atoms with E-state index in [-0.39, 0.29) is 25.7 Å². The zero-order valence-corrected chi connectivity index (χ0v) is 65.0. The number of hydrogen-bond donors (Lipinski definition) is 3. The van der Waals surface area contributed by atoms with Crippen LogP contribution in [0.25, 0.3) is 0 Å². The van der Waals surface area contributed by atoms with E-state index in [9.17, 15) is 43.2 Å². The van der Waals surface area contributed by atoms with Crippen molar-refractivity contribution in [2.24, 2.45) is 0 Å². The topological polar surface area (TPSA) is 237 Å². The van der Waals surface area contributed by atoms with E-state index in [4.69, 9.17) is 37.0 Å². The quantitative estimate of drug-likeness (QED) is 0.0169. The largest absolute Gasteiger partial charge is 0.472 e. The van der Waals surface area contributed by atoms with Gasteiger partial charge in [0.15, 0.2) is 12.2 Å². The summed E-state index contributed by atoms with van der Waals surface area (Å²) in [5.41, 5.74) is 0. The zero-order valence-electron chi connectivity index (χ0n) is 63.2. The third-order valence-electron chi connectivity index (χ3n) is 15.5. The molecule has 5 atom stereocenters. The summed E-state index contributed by atoms with van der Waals surface area (Å²) in [5.74, 6) is -2.28. The molecule has 0 aromatic carbocycles. The van der Waals surface area contributed by atoms with Gasteiger partial charge in [0.1, 0.15) is 19.3 Å². The summed E-state index contributed by atoms with van der Waals surface area (Å²) in [7, 11) is -9.99. The Morgan fingerprint density at radius 3 is 0.804 bits per heavy atom. The Balaban J connectivity index is 5.41. The number of rotatable bonds is 71. The smallest absolute Gasteiger partial charge is 0.462 e. The molecule has 0 saturated heterocycles. The highest BCUT2D eigenvalue weighted by atomic mass is 31.2. The summed E-state index contributed by atoms with van der Waals surface area (Å²) in [6.07, 6.45) is 85.2. The van der Waals surface area contributed by atoms with Crippen molar-refractivity contribution in [3.8, 4) is 0 Å². The Hall–Kier alpha value is -5.32. The first-order valence-corrected chi connectivity index (χ1v) is 41.7. The Morgan fingerprint density at radius 1 is 0.284 bits per heavy atom. The molecule has 0 spiro atoms. The van der Waals surface area contributed by atoms with Crippen molar-refractivity contribution in [3.05, 3.63) is 158 Å². The average Bonchev–Trinajstić information content (AvgIpc) is 0.939. The van der Waals surface area contributed by atoms with Gasteiger partial charge in [-0.25, -0.2) is 9.13 Å². The molecule has 102 heavy (non-hydrogen) atoms. The molecule has 0 radical (unpaired) electrons. The zero-order chi connectivity index (χ0) is 74.6. The van der Waals surface area contributed by atoms with Crippen LogP contribution in [0.4, 0.5) is 0 Å². The van der Waals surface area contributed by atoms with Gasteiger partial charge in [0, 0.05) is 25.7 Å². The molecule has 580 valence electrons. The lowest BCUT2D eigenvalue weighted by Gasteiger charge is -2.21. The van der Waals surface area contributed by atoms with Crippen LogP contribution < -0.4 is 0 Å². The Kier molecular flexibility index (Phi) is 70.1. The molecule has 0 heterocycles. The van der Waals surface area contributed by atoms with Gasteiger partial charge in [-0.2, -0.15) is 0 Å². The van der Waals surface area contributed by atoms with Crippen LogP contribution in [-0.4, -0.2) is 96.7 Å². The minimum atomic E-state index is -5.00. The van der Waals surface area contributed by atoms with Gasteiger partial charge >= 0.3 is 39.5 Å². The number of ether oxygens (including phenoxy) is 4. The number of phosphoric acid groups is 2. The van der Waals surface area contributed by atoms with Crippen LogP contribution in [0.3, 0.4) is 0 Å². The van der Waals surface area contributed by atoms with E-state index in [0.717, 1.165) is 193 Å². The highest BCUT2D eigenvalue weighted by Gasteiger charge is 2.30. The van der Waals surface area contributed by atoms with E-state index in [0.29, 0.717) is 25.7 Å². The monoisotopic (exact) mass is 1470 g/mol. The SMILES string of the molecule is CC/C=C\C/C=C\C/C=C\C/C=C\C/C=C\CCCCCC(=O)OCC(COP(=O)(O)OCC(O)COP(=O)(O)OCC(COC(=O)CCCCCC/C=C\C/C=C\C/C=C\C/C=C\CC)OC(=O)CCCCCCC/C=C\CCCC)OC(=O)CCCCCCC/C=C\C/C=C\C/C=C\CC. The predicted octanol–water partition coefficient (Wildman–Crippen LogP) is 22.4. The second-order valence-electron chi connectivity index (χ2n) is 25.1. The van der Waals surface area contributed by atoms with Crippen molar-refractivity contribution in [2.75, 3.05) is 39.6 Å². The maximum Gasteiger partial charge on any atom is 0.472 e. The van der Waals surface area contributed by atoms with Crippen LogP contribution >= 0.6 is 15.6 Å². The average molecular weight is 1470 g/mol. The van der Waals surface area contributed by atoms with Gasteiger partial charge < -0.3 is 33.8 Å². The summed E-state index contributed by atoms with van der Waals surface area (Å²) in [6, 6.07) is 0. The highest BCUT2D eigenvalue weighted by molar-refractivity contribution is 7.47. The molecule has 0 fully saturated rings. The van der Waals surface area contributed by atoms with E-state index in [2.05, 4.69) is 186 Å². The number of hydrogen-bond acceptors (Lipinski definition) is 15. The van der Waals surface area contributed by atoms with Gasteiger partial charge in [-0.05, 0) is 161 Å². The molecule has 5 unspecified atom stereocenters. The fourth-order valence-corrected chi connectivity index (χ4v) is 11.2. The van der Waals surface area contributed by atoms with Gasteiger partial charge in [-0.1, -0.05) is 256 Å². The number of aliphatic hydroxyl groups excluding tert-OH is 1. The molecule has 0 saturated carbocycles. The second-order valence-corrected chi connectivity index (χ2v) is 28.1. The number of unbranched alkanes of at least 4 members (excludes halogenated alkanes) is 19. The number of carbonyl (C=O) groups excluding carboxylic acids is 4. The summed E-state index contributed by atoms with van der Waals surface area (Å²) in [5, 5.41) is 10.6. The lowest BCUT2D eigenvalue weighted by Crippen LogP contribution is -2.30. The Labute approximate surface area is 617 Å². The molecule has 19 heteroatoms. The third kappa shape index (κ3) is 73.0. The second kappa shape index (κ2) is 74.0. The number of carbonyl (C=O) groups is 4. The molecule has 17 nitrogen and oxygen atoms in total. The molecule has 0 bridgehead atoms. The lowest BCUT2D eigenvalue weighted by molar-refractivity contribution is -0.161. The number of phosphoric ester groups is 2. The summed E-state index contributed by atoms with van der Waals surface area (Å²) >= 11 is 0. The first-order valence-electron chi connectivity index (χ1n) is 38.7. The van der Waals surface area contributed by atoms with Crippen molar-refractivity contribution in [3.63, 3.8) is 0 Å². The van der Waals surface area contributed by atoms with Crippen LogP contribution in [0.5, 0.6) is 0 Å². The molecular formula is C83H136O17P2. The molecule has 0 aromatic heterocycles. The van der Waals surface area contributed by atoms with Gasteiger partial charge in [-0.15, -0.1) is 0 Å². The number of allylic oxidation sites excluding steroid dienone is 26. The van der Waals surface area contributed by atoms with Crippen molar-refractivity contribution < 1.29 is 80.2 Å². The maximum absolute atomic E-state index is 13.1. The molecule has 3 N–H and O–H groups in total. The van der Waals surface area contributed by atoms with E-state index in [1.807, 2.05) is 0 Å². The first kappa shape index (κ1) is 96.7. The van der Waals surface area contributed by atoms with E-state index >= 15 is 0 Å². The van der Waals surface area contributed by atoms with Crippen LogP contribution in [0.2, 0.25) is 0 Å². The molecule has 0 rings (SSSR count). The van der Waals surface area contributed by atoms with Crippen LogP contribution in [0, 0.1) is 0 Å². The third-order valence-corrected chi connectivity index (χ3v) is 17.4. The lowest BCUT2D eigenvalue weighted by atomic mass is 10.1. The summed E-state index contributed by atoms with van der Waals surface area (Å²) in [6.45, 7) is 4.38. The number of aliphatic hydroxyl groups is 1. The van der Waals surface area contributed by atoms with Gasteiger partial charge in [-0.3, -0.25) is 37.3 Å². The molecule has 0 amide bonds. The predicted molar refractivity (Wildman–Crippen MR) is 417 cm³/mol. The standard InChI is InChI=1S/C83H136O17P2/c1-5-9-13-17-21-25-29-32-35-37-38-40-43-45-49-52-56-60-64-68-81(86)94-74-79(100-83(88)70-66-62-58-54-50-46-41-34-31-27-23-19-15-11-7-3)76-98-102(91,92)96-72-77(84)71-95-101(89,90)97-75-78(99-82(87)69-65-61-57-53-47-28-24-20-16-12-8-4)73-93-80(85)67-63-59-55-51-48-44-42-39-36-33-30-26-22-18-14-10-6-2/h9-11,13-15,20-27,32-36,38,40-42,44-45,49,77-79,84H,5-8,12,16-19,28-31,37,39,43,46-48,50-76H2,1-4H3,(H,89,90)(H,91,92)/b13-9-,14-10-,15-11-,24-20-,25-21-,26-22-,27-23-,35-32-,36-33-,40-38-,41-34-,44-42-,49-45-. The van der Waals surface area contributed by atoms with Crippen molar-refractivity contribution >= 4 is 39.5 Å². The van der Waals surface area contributed by atoms with Crippen molar-refractivity contribution in [2.45, 2.75) is 303 Å². The number of esters is 4. The molecule has 0 aliphatic carbocycles. The Morgan fingerprint density at radius 2 is 0.510 bits per heavy atom. The fraction of sp³-hybridized carbons (Fsp3) is 0.639. The van der Waals surface area contributed by atoms with E-state index in [1.165, 1.54) is 12.8 Å². The normalized spacial score (nSPS) is 14.8. The first-order chi connectivity index (χ1) is 49.7. The van der Waals surface area contributed by atoms with Gasteiger partial charge in [0.2, 0.25) is 0 Å². The van der Waals surface area contributed by atoms with Crippen LogP contribution in [0.1, 0.15) is 285 Å². The summed E-state index contributed by atoms with van der Waals surface area (Å²) in [4.78, 5) is 72.9. The minimum Gasteiger partial charge on any atom is -0.462 e. The van der Waals surface area contributed by atoms with Gasteiger partial charge in [0.25, 0.3) is 0 Å². The Bertz CT molecular complexity index is 2550. The van der Waals surface area contributed by atoms with E-state index in [1.54, 1.807) is 0 Å². The molecule has 0 aliphatic heterocycles. The maximum atomic E-state index is 13.1. The minimum absolute atomic E-state index is 0.0620.